The zero-order valence-electron chi connectivity index (χ0n) is 9.42. The lowest BCUT2D eigenvalue weighted by Gasteiger charge is -2.21. The minimum atomic E-state index is -0.237. The van der Waals surface area contributed by atoms with E-state index in [1.807, 2.05) is 13.0 Å². The van der Waals surface area contributed by atoms with Crippen LogP contribution in [0.15, 0.2) is 10.5 Å². The molecule has 0 saturated carbocycles. The van der Waals surface area contributed by atoms with Crippen LogP contribution >= 0.6 is 38.9 Å². The van der Waals surface area contributed by atoms with Gasteiger partial charge in [0, 0.05) is 30.1 Å². The van der Waals surface area contributed by atoms with Crippen molar-refractivity contribution in [1.82, 2.24) is 5.32 Å². The Balaban J connectivity index is 2.45. The van der Waals surface area contributed by atoms with Gasteiger partial charge < -0.3 is 14.8 Å². The third kappa shape index (κ3) is 3.98. The molecule has 3 nitrogen and oxygen atoms in total. The number of rotatable bonds is 6. The number of nitrogens with one attached hydrogen (secondary N) is 1. The van der Waals surface area contributed by atoms with E-state index in [-0.39, 0.29) is 12.3 Å². The number of thiophene rings is 1. The zero-order chi connectivity index (χ0) is 12.1. The zero-order valence-corrected chi connectivity index (χ0v) is 12.6. The third-order valence-corrected chi connectivity index (χ3v) is 4.64. The molecule has 1 atom stereocenters. The molecule has 1 unspecified atom stereocenters. The van der Waals surface area contributed by atoms with Gasteiger partial charge in [-0.3, -0.25) is 0 Å². The van der Waals surface area contributed by atoms with E-state index in [1.54, 1.807) is 25.6 Å². The van der Waals surface area contributed by atoms with Crippen molar-refractivity contribution in [2.75, 3.05) is 14.2 Å². The minimum absolute atomic E-state index is 0.120. The van der Waals surface area contributed by atoms with Gasteiger partial charge in [0.2, 0.25) is 0 Å². The van der Waals surface area contributed by atoms with E-state index >= 15 is 0 Å². The fraction of sp³-hybridized carbons (Fsp3) is 0.600. The maximum absolute atomic E-state index is 5.96. The molecule has 6 heteroatoms. The van der Waals surface area contributed by atoms with Crippen molar-refractivity contribution in [2.45, 2.75) is 25.8 Å². The highest BCUT2D eigenvalue weighted by atomic mass is 79.9. The van der Waals surface area contributed by atoms with Gasteiger partial charge in [-0.05, 0) is 28.9 Å². The maximum Gasteiger partial charge on any atom is 0.171 e. The molecule has 1 heterocycles. The minimum Gasteiger partial charge on any atom is -0.354 e. The van der Waals surface area contributed by atoms with Gasteiger partial charge in [0.15, 0.2) is 6.29 Å². The topological polar surface area (TPSA) is 30.5 Å². The summed E-state index contributed by atoms with van der Waals surface area (Å²) in [6.45, 7) is 2.77. The van der Waals surface area contributed by atoms with Crippen molar-refractivity contribution in [3.63, 3.8) is 0 Å². The lowest BCUT2D eigenvalue weighted by atomic mass is 10.3. The average Bonchev–Trinajstić information content (AvgIpc) is 2.57. The van der Waals surface area contributed by atoms with Crippen molar-refractivity contribution in [3.8, 4) is 0 Å². The molecule has 0 amide bonds. The first-order valence-corrected chi connectivity index (χ1v) is 6.80. The lowest BCUT2D eigenvalue weighted by molar-refractivity contribution is -0.119. The molecule has 92 valence electrons. The summed E-state index contributed by atoms with van der Waals surface area (Å²) < 4.78 is 12.0. The average molecular weight is 329 g/mol. The molecular weight excluding hydrogens is 314 g/mol. The van der Waals surface area contributed by atoms with Crippen LogP contribution in [0.3, 0.4) is 0 Å². The van der Waals surface area contributed by atoms with Crippen LogP contribution in [-0.2, 0) is 16.0 Å². The Morgan fingerprint density at radius 3 is 2.56 bits per heavy atom. The molecule has 1 aromatic heterocycles. The second-order valence-corrected chi connectivity index (χ2v) is 5.94. The molecule has 0 aliphatic carbocycles. The Kier molecular flexibility index (Phi) is 6.25. The fourth-order valence-corrected chi connectivity index (χ4v) is 3.08. The van der Waals surface area contributed by atoms with Gasteiger partial charge in [0.05, 0.1) is 6.04 Å². The van der Waals surface area contributed by atoms with Crippen LogP contribution in [0.1, 0.15) is 11.8 Å². The standard InChI is InChI=1S/C10H15BrClNO2S/c1-6(10(14-2)15-3)13-5-7-4-8(11)9(12)16-7/h4,6,10,13H,5H2,1-3H3. The van der Waals surface area contributed by atoms with Crippen LogP contribution in [0.25, 0.3) is 0 Å². The summed E-state index contributed by atoms with van der Waals surface area (Å²) in [4.78, 5) is 1.18. The largest absolute Gasteiger partial charge is 0.354 e. The molecule has 1 rings (SSSR count). The molecule has 0 spiro atoms. The van der Waals surface area contributed by atoms with Gasteiger partial charge in [-0.1, -0.05) is 11.6 Å². The van der Waals surface area contributed by atoms with Crippen LogP contribution in [0.5, 0.6) is 0 Å². The normalized spacial score (nSPS) is 13.4. The summed E-state index contributed by atoms with van der Waals surface area (Å²) in [5, 5.41) is 3.32. The number of ether oxygens (including phenoxy) is 2. The maximum atomic E-state index is 5.96. The lowest BCUT2D eigenvalue weighted by Crippen LogP contribution is -2.39. The Hall–Kier alpha value is 0.350. The molecule has 0 aliphatic rings. The van der Waals surface area contributed by atoms with Crippen LogP contribution in [0.4, 0.5) is 0 Å². The Morgan fingerprint density at radius 2 is 2.12 bits per heavy atom. The van der Waals surface area contributed by atoms with Crippen molar-refractivity contribution in [2.24, 2.45) is 0 Å². The number of hydrogen-bond acceptors (Lipinski definition) is 4. The summed E-state index contributed by atoms with van der Waals surface area (Å²) in [5.41, 5.74) is 0. The van der Waals surface area contributed by atoms with E-state index in [2.05, 4.69) is 21.2 Å². The second kappa shape index (κ2) is 6.93. The highest BCUT2D eigenvalue weighted by molar-refractivity contribution is 9.10. The first-order chi connectivity index (χ1) is 7.58. The van der Waals surface area contributed by atoms with E-state index in [9.17, 15) is 0 Å². The highest BCUT2D eigenvalue weighted by Crippen LogP contribution is 2.31. The van der Waals surface area contributed by atoms with Gasteiger partial charge in [-0.2, -0.15) is 0 Å². The summed E-state index contributed by atoms with van der Waals surface area (Å²) in [7, 11) is 3.26. The van der Waals surface area contributed by atoms with Crippen LogP contribution < -0.4 is 5.32 Å². The monoisotopic (exact) mass is 327 g/mol. The Labute approximate surface area is 113 Å². The number of methoxy groups -OCH3 is 2. The van der Waals surface area contributed by atoms with E-state index in [0.29, 0.717) is 0 Å². The third-order valence-electron chi connectivity index (χ3n) is 2.17. The van der Waals surface area contributed by atoms with Crippen LogP contribution in [0.2, 0.25) is 4.34 Å². The number of halogens is 2. The van der Waals surface area contributed by atoms with Gasteiger partial charge in [-0.15, -0.1) is 11.3 Å². The molecule has 0 bridgehead atoms. The summed E-state index contributed by atoms with van der Waals surface area (Å²) in [5.74, 6) is 0. The predicted molar refractivity (Wildman–Crippen MR) is 71.1 cm³/mol. The molecule has 0 saturated heterocycles. The molecule has 1 aromatic rings. The van der Waals surface area contributed by atoms with E-state index in [0.717, 1.165) is 15.4 Å². The molecule has 1 N–H and O–H groups in total. The fourth-order valence-electron chi connectivity index (χ4n) is 1.34. The molecule has 0 fully saturated rings. The molecule has 0 aliphatic heterocycles. The van der Waals surface area contributed by atoms with Crippen LogP contribution in [-0.4, -0.2) is 26.6 Å². The first kappa shape index (κ1) is 14.4. The van der Waals surface area contributed by atoms with E-state index in [1.165, 1.54) is 4.88 Å². The quantitative estimate of drug-likeness (QED) is 0.813. The molecule has 0 aromatic carbocycles. The van der Waals surface area contributed by atoms with Gasteiger partial charge in [0.1, 0.15) is 4.34 Å². The van der Waals surface area contributed by atoms with Gasteiger partial charge in [-0.25, -0.2) is 0 Å². The van der Waals surface area contributed by atoms with Crippen LogP contribution in [0, 0.1) is 0 Å². The van der Waals surface area contributed by atoms with Crippen molar-refractivity contribution >= 4 is 38.9 Å². The molecule has 16 heavy (non-hydrogen) atoms. The molecular formula is C10H15BrClNO2S. The summed E-state index contributed by atoms with van der Waals surface area (Å²) >= 11 is 10.9. The van der Waals surface area contributed by atoms with E-state index < -0.39 is 0 Å². The van der Waals surface area contributed by atoms with Gasteiger partial charge in [0.25, 0.3) is 0 Å². The highest BCUT2D eigenvalue weighted by Gasteiger charge is 2.15. The predicted octanol–water partition coefficient (Wildman–Crippen LogP) is 3.26. The van der Waals surface area contributed by atoms with E-state index in [4.69, 9.17) is 21.1 Å². The smallest absolute Gasteiger partial charge is 0.171 e. The SMILES string of the molecule is COC(OC)C(C)NCc1cc(Br)c(Cl)s1. The Morgan fingerprint density at radius 1 is 1.50 bits per heavy atom. The Bertz CT molecular complexity index is 311. The number of hydrogen-bond donors (Lipinski definition) is 1. The second-order valence-electron chi connectivity index (χ2n) is 3.34. The first-order valence-electron chi connectivity index (χ1n) is 4.81. The summed E-state index contributed by atoms with van der Waals surface area (Å²) in [6, 6.07) is 2.14. The summed E-state index contributed by atoms with van der Waals surface area (Å²) in [6.07, 6.45) is -0.237. The van der Waals surface area contributed by atoms with Crippen molar-refractivity contribution in [3.05, 3.63) is 19.8 Å². The molecule has 0 radical (unpaired) electrons. The van der Waals surface area contributed by atoms with Crippen molar-refractivity contribution in [1.29, 1.82) is 0 Å². The van der Waals surface area contributed by atoms with Crippen molar-refractivity contribution < 1.29 is 9.47 Å². The van der Waals surface area contributed by atoms with Gasteiger partial charge >= 0.3 is 0 Å².